The summed E-state index contributed by atoms with van der Waals surface area (Å²) in [6.07, 6.45) is 4.31. The quantitative estimate of drug-likeness (QED) is 0.786. The minimum atomic E-state index is -0.329. The van der Waals surface area contributed by atoms with Crippen LogP contribution in [-0.2, 0) is 12.8 Å². The molecule has 0 bridgehead atoms. The van der Waals surface area contributed by atoms with Crippen LogP contribution >= 0.6 is 27.3 Å². The molecule has 1 heterocycles. The second-order valence-electron chi connectivity index (χ2n) is 5.17. The fourth-order valence-corrected chi connectivity index (χ4v) is 3.93. The molecule has 3 rings (SSSR count). The normalized spacial score (nSPS) is 13.3. The van der Waals surface area contributed by atoms with Crippen LogP contribution in [0.1, 0.15) is 44.0 Å². The molecule has 0 unspecified atom stereocenters. The Morgan fingerprint density at radius 2 is 1.68 bits per heavy atom. The first-order valence-corrected chi connectivity index (χ1v) is 8.78. The number of nitrogens with one attached hydrogen (secondary N) is 2. The van der Waals surface area contributed by atoms with Gasteiger partial charge in [0.25, 0.3) is 11.8 Å². The van der Waals surface area contributed by atoms with Crippen LogP contribution in [0.15, 0.2) is 34.1 Å². The number of hydrogen-bond donors (Lipinski definition) is 2. The van der Waals surface area contributed by atoms with Crippen LogP contribution in [0.3, 0.4) is 0 Å². The van der Waals surface area contributed by atoms with Crippen LogP contribution in [0, 0.1) is 0 Å². The summed E-state index contributed by atoms with van der Waals surface area (Å²) >= 11 is 4.95. The number of rotatable bonds is 2. The summed E-state index contributed by atoms with van der Waals surface area (Å²) < 4.78 is 0.901. The molecule has 22 heavy (non-hydrogen) atoms. The molecule has 0 radical (unpaired) electrons. The van der Waals surface area contributed by atoms with E-state index in [1.165, 1.54) is 11.3 Å². The topological polar surface area (TPSA) is 58.2 Å². The van der Waals surface area contributed by atoms with E-state index in [1.807, 2.05) is 5.38 Å². The number of halogens is 1. The lowest BCUT2D eigenvalue weighted by molar-refractivity contribution is 0.0846. The molecule has 1 aliphatic rings. The maximum absolute atomic E-state index is 12.2. The Hall–Kier alpha value is -1.66. The van der Waals surface area contributed by atoms with Crippen molar-refractivity contribution in [2.45, 2.75) is 25.7 Å². The van der Waals surface area contributed by atoms with Gasteiger partial charge in [0.15, 0.2) is 0 Å². The van der Waals surface area contributed by atoms with E-state index < -0.39 is 0 Å². The molecule has 6 heteroatoms. The van der Waals surface area contributed by atoms with E-state index >= 15 is 0 Å². The first-order chi connectivity index (χ1) is 10.6. The van der Waals surface area contributed by atoms with E-state index in [-0.39, 0.29) is 11.8 Å². The second kappa shape index (κ2) is 6.62. The van der Waals surface area contributed by atoms with Crippen LogP contribution in [0.25, 0.3) is 0 Å². The number of benzene rings is 1. The van der Waals surface area contributed by atoms with E-state index in [0.717, 1.165) is 29.3 Å². The van der Waals surface area contributed by atoms with Gasteiger partial charge in [-0.15, -0.1) is 11.3 Å². The highest BCUT2D eigenvalue weighted by Crippen LogP contribution is 2.29. The van der Waals surface area contributed by atoms with Crippen LogP contribution in [0.5, 0.6) is 0 Å². The Kier molecular flexibility index (Phi) is 4.59. The Labute approximate surface area is 141 Å². The van der Waals surface area contributed by atoms with Gasteiger partial charge in [-0.1, -0.05) is 15.9 Å². The Morgan fingerprint density at radius 1 is 1.00 bits per heavy atom. The van der Waals surface area contributed by atoms with Gasteiger partial charge >= 0.3 is 0 Å². The van der Waals surface area contributed by atoms with E-state index in [0.29, 0.717) is 11.1 Å². The molecule has 2 aromatic rings. The number of fused-ring (bicyclic) bond motifs is 1. The highest BCUT2D eigenvalue weighted by molar-refractivity contribution is 9.10. The number of aryl methyl sites for hydroxylation is 1. The van der Waals surface area contributed by atoms with Gasteiger partial charge < -0.3 is 0 Å². The number of hydrazine groups is 1. The maximum Gasteiger partial charge on any atom is 0.270 e. The molecule has 0 fully saturated rings. The fourth-order valence-electron chi connectivity index (χ4n) is 2.54. The highest BCUT2D eigenvalue weighted by Gasteiger charge is 2.20. The summed E-state index contributed by atoms with van der Waals surface area (Å²) in [7, 11) is 0. The van der Waals surface area contributed by atoms with Gasteiger partial charge in [-0.05, 0) is 55.5 Å². The second-order valence-corrected chi connectivity index (χ2v) is 7.05. The van der Waals surface area contributed by atoms with Crippen molar-refractivity contribution in [2.24, 2.45) is 0 Å². The summed E-state index contributed by atoms with van der Waals surface area (Å²) in [5.41, 5.74) is 7.30. The summed E-state index contributed by atoms with van der Waals surface area (Å²) in [5.74, 6) is -0.574. The minimum absolute atomic E-state index is 0.245. The third-order valence-electron chi connectivity index (χ3n) is 3.70. The van der Waals surface area contributed by atoms with Crippen molar-refractivity contribution in [3.05, 3.63) is 55.7 Å². The molecular weight excluding hydrogens is 364 g/mol. The lowest BCUT2D eigenvalue weighted by Gasteiger charge is -2.13. The first-order valence-electron chi connectivity index (χ1n) is 7.10. The van der Waals surface area contributed by atoms with Crippen molar-refractivity contribution in [3.8, 4) is 0 Å². The third-order valence-corrected chi connectivity index (χ3v) is 5.32. The van der Waals surface area contributed by atoms with Crippen molar-refractivity contribution < 1.29 is 9.59 Å². The van der Waals surface area contributed by atoms with E-state index in [2.05, 4.69) is 26.8 Å². The standard InChI is InChI=1S/C16H15BrN2O2S/c17-11-7-5-10(6-8-11)15(20)18-19-16(21)13-9-22-14-4-2-1-3-12(13)14/h5-9H,1-4H2,(H,18,20)(H,19,21). The van der Waals surface area contributed by atoms with Gasteiger partial charge in [0.05, 0.1) is 5.56 Å². The molecule has 2 amide bonds. The van der Waals surface area contributed by atoms with Crippen molar-refractivity contribution >= 4 is 39.1 Å². The molecule has 1 aromatic heterocycles. The van der Waals surface area contributed by atoms with Gasteiger partial charge in [0.2, 0.25) is 0 Å². The minimum Gasteiger partial charge on any atom is -0.267 e. The van der Waals surface area contributed by atoms with Gasteiger partial charge in [-0.2, -0.15) is 0 Å². The zero-order chi connectivity index (χ0) is 15.5. The number of hydrogen-bond acceptors (Lipinski definition) is 3. The zero-order valence-electron chi connectivity index (χ0n) is 11.8. The van der Waals surface area contributed by atoms with Crippen LogP contribution in [0.4, 0.5) is 0 Å². The monoisotopic (exact) mass is 378 g/mol. The molecule has 0 atom stereocenters. The molecule has 2 N–H and O–H groups in total. The molecule has 0 saturated carbocycles. The predicted octanol–water partition coefficient (Wildman–Crippen LogP) is 3.46. The number of carbonyl (C=O) groups is 2. The van der Waals surface area contributed by atoms with Crippen LogP contribution in [-0.4, -0.2) is 11.8 Å². The number of amides is 2. The smallest absolute Gasteiger partial charge is 0.267 e. The SMILES string of the molecule is O=C(NNC(=O)c1csc2c1CCCC2)c1ccc(Br)cc1. The molecule has 0 aliphatic heterocycles. The Balaban J connectivity index is 1.64. The van der Waals surface area contributed by atoms with E-state index in [9.17, 15) is 9.59 Å². The molecule has 1 aromatic carbocycles. The lowest BCUT2D eigenvalue weighted by Crippen LogP contribution is -2.41. The van der Waals surface area contributed by atoms with Gasteiger partial charge in [-0.25, -0.2) is 0 Å². The fraction of sp³-hybridized carbons (Fsp3) is 0.250. The molecule has 0 saturated heterocycles. The molecule has 1 aliphatic carbocycles. The Bertz CT molecular complexity index is 709. The largest absolute Gasteiger partial charge is 0.270 e. The number of carbonyl (C=O) groups excluding carboxylic acids is 2. The van der Waals surface area contributed by atoms with Crippen molar-refractivity contribution in [1.29, 1.82) is 0 Å². The molecule has 114 valence electrons. The first kappa shape index (κ1) is 15.2. The average Bonchev–Trinajstić information content (AvgIpc) is 2.97. The molecule has 4 nitrogen and oxygen atoms in total. The van der Waals surface area contributed by atoms with Crippen LogP contribution in [0.2, 0.25) is 0 Å². The predicted molar refractivity (Wildman–Crippen MR) is 90.0 cm³/mol. The highest BCUT2D eigenvalue weighted by atomic mass is 79.9. The van der Waals surface area contributed by atoms with Crippen molar-refractivity contribution in [2.75, 3.05) is 0 Å². The lowest BCUT2D eigenvalue weighted by atomic mass is 9.96. The third kappa shape index (κ3) is 3.23. The summed E-state index contributed by atoms with van der Waals surface area (Å²) in [6.45, 7) is 0. The van der Waals surface area contributed by atoms with Gasteiger partial charge in [0, 0.05) is 20.3 Å². The molecule has 0 spiro atoms. The van der Waals surface area contributed by atoms with Gasteiger partial charge in [-0.3, -0.25) is 20.4 Å². The average molecular weight is 379 g/mol. The van der Waals surface area contributed by atoms with Crippen molar-refractivity contribution in [1.82, 2.24) is 10.9 Å². The molecular formula is C16H15BrN2O2S. The van der Waals surface area contributed by atoms with E-state index in [1.54, 1.807) is 35.6 Å². The summed E-state index contributed by atoms with van der Waals surface area (Å²) in [4.78, 5) is 25.5. The van der Waals surface area contributed by atoms with Crippen LogP contribution < -0.4 is 10.9 Å². The maximum atomic E-state index is 12.2. The summed E-state index contributed by atoms with van der Waals surface area (Å²) in [5, 5.41) is 1.89. The van der Waals surface area contributed by atoms with Gasteiger partial charge in [0.1, 0.15) is 0 Å². The van der Waals surface area contributed by atoms with E-state index in [4.69, 9.17) is 0 Å². The number of thiophene rings is 1. The zero-order valence-corrected chi connectivity index (χ0v) is 14.2. The van der Waals surface area contributed by atoms with Crippen molar-refractivity contribution in [3.63, 3.8) is 0 Å². The Morgan fingerprint density at radius 3 is 2.45 bits per heavy atom. The summed E-state index contributed by atoms with van der Waals surface area (Å²) in [6, 6.07) is 6.95.